The fourth-order valence-corrected chi connectivity index (χ4v) is 3.71. The van der Waals surface area contributed by atoms with Gasteiger partial charge in [0.1, 0.15) is 0 Å². The fraction of sp³-hybridized carbons (Fsp3) is 0.412. The quantitative estimate of drug-likeness (QED) is 0.743. The van der Waals surface area contributed by atoms with Gasteiger partial charge in [0.15, 0.2) is 11.9 Å². The van der Waals surface area contributed by atoms with Gasteiger partial charge in [0.05, 0.1) is 17.4 Å². The predicted molar refractivity (Wildman–Crippen MR) is 97.1 cm³/mol. The van der Waals surface area contributed by atoms with Gasteiger partial charge in [-0.25, -0.2) is 0 Å². The van der Waals surface area contributed by atoms with Crippen LogP contribution in [0.5, 0.6) is 0 Å². The van der Waals surface area contributed by atoms with Crippen molar-refractivity contribution in [1.82, 2.24) is 10.1 Å². The molecule has 7 nitrogen and oxygen atoms in total. The number of hydrogen-bond acceptors (Lipinski definition) is 7. The van der Waals surface area contributed by atoms with E-state index in [-0.39, 0.29) is 18.2 Å². The number of hydrogen-bond donors (Lipinski definition) is 1. The largest absolute Gasteiger partial charge is 0.452 e. The molecule has 0 saturated carbocycles. The molecule has 3 rings (SSSR count). The van der Waals surface area contributed by atoms with Gasteiger partial charge in [-0.3, -0.25) is 9.59 Å². The molecule has 0 fully saturated rings. The van der Waals surface area contributed by atoms with Crippen molar-refractivity contribution in [2.24, 2.45) is 0 Å². The first-order valence-corrected chi connectivity index (χ1v) is 9.51. The van der Waals surface area contributed by atoms with Gasteiger partial charge >= 0.3 is 5.97 Å². The van der Waals surface area contributed by atoms with Crippen LogP contribution in [0.25, 0.3) is 0 Å². The van der Waals surface area contributed by atoms with Gasteiger partial charge in [-0.2, -0.15) is 4.98 Å². The third kappa shape index (κ3) is 4.37. The standard InChI is InChI=1S/C17H18ClN3O4S/c1-3-4-14-20-17(25-21-14)9(2)24-15(22)8-13-16(23)19-11-7-10(18)5-6-12(11)26-13/h5-7,9,13H,3-4,8H2,1-2H3,(H,19,23). The highest BCUT2D eigenvalue weighted by atomic mass is 35.5. The Morgan fingerprint density at radius 3 is 3.08 bits per heavy atom. The lowest BCUT2D eigenvalue weighted by Gasteiger charge is -2.23. The van der Waals surface area contributed by atoms with Crippen LogP contribution in [0, 0.1) is 0 Å². The maximum absolute atomic E-state index is 12.2. The molecule has 1 aromatic carbocycles. The maximum atomic E-state index is 12.2. The summed E-state index contributed by atoms with van der Waals surface area (Å²) in [4.78, 5) is 29.5. The van der Waals surface area contributed by atoms with Crippen molar-refractivity contribution in [3.63, 3.8) is 0 Å². The third-order valence-electron chi connectivity index (χ3n) is 3.73. The van der Waals surface area contributed by atoms with Crippen LogP contribution in [0.1, 0.15) is 44.5 Å². The van der Waals surface area contributed by atoms with Crippen molar-refractivity contribution in [3.8, 4) is 0 Å². The molecule has 0 radical (unpaired) electrons. The molecule has 26 heavy (non-hydrogen) atoms. The molecule has 2 unspecified atom stereocenters. The van der Waals surface area contributed by atoms with Crippen LogP contribution < -0.4 is 5.32 Å². The molecule has 0 bridgehead atoms. The number of amides is 1. The van der Waals surface area contributed by atoms with E-state index in [1.807, 2.05) is 13.0 Å². The number of esters is 1. The lowest BCUT2D eigenvalue weighted by atomic mass is 10.2. The van der Waals surface area contributed by atoms with Gasteiger partial charge in [0.25, 0.3) is 5.89 Å². The zero-order valence-electron chi connectivity index (χ0n) is 14.3. The smallest absolute Gasteiger partial charge is 0.308 e. The van der Waals surface area contributed by atoms with E-state index < -0.39 is 17.3 Å². The Balaban J connectivity index is 1.59. The monoisotopic (exact) mass is 395 g/mol. The molecule has 1 aliphatic rings. The average molecular weight is 396 g/mol. The number of carbonyl (C=O) groups is 2. The second-order valence-electron chi connectivity index (χ2n) is 5.87. The molecule has 0 spiro atoms. The van der Waals surface area contributed by atoms with Crippen molar-refractivity contribution in [2.45, 2.75) is 49.4 Å². The molecule has 1 aromatic heterocycles. The van der Waals surface area contributed by atoms with Crippen molar-refractivity contribution in [3.05, 3.63) is 34.9 Å². The van der Waals surface area contributed by atoms with Crippen LogP contribution in [0.4, 0.5) is 5.69 Å². The lowest BCUT2D eigenvalue weighted by molar-refractivity contribution is -0.150. The minimum atomic E-state index is -0.664. The molecule has 138 valence electrons. The highest BCUT2D eigenvalue weighted by Crippen LogP contribution is 2.38. The maximum Gasteiger partial charge on any atom is 0.308 e. The minimum Gasteiger partial charge on any atom is -0.452 e. The number of aryl methyl sites for hydroxylation is 1. The van der Waals surface area contributed by atoms with E-state index >= 15 is 0 Å². The van der Waals surface area contributed by atoms with Gasteiger partial charge in [0, 0.05) is 16.3 Å². The van der Waals surface area contributed by atoms with Crippen LogP contribution >= 0.6 is 23.4 Å². The second-order valence-corrected chi connectivity index (χ2v) is 7.55. The van der Waals surface area contributed by atoms with Crippen molar-refractivity contribution in [1.29, 1.82) is 0 Å². The van der Waals surface area contributed by atoms with E-state index in [0.717, 1.165) is 11.3 Å². The van der Waals surface area contributed by atoms with Crippen LogP contribution in [0.3, 0.4) is 0 Å². The van der Waals surface area contributed by atoms with Gasteiger partial charge in [-0.05, 0) is 31.5 Å². The van der Waals surface area contributed by atoms with Crippen LogP contribution in [0.2, 0.25) is 5.02 Å². The fourth-order valence-electron chi connectivity index (χ4n) is 2.46. The predicted octanol–water partition coefficient (Wildman–Crippen LogP) is 3.78. The third-order valence-corrected chi connectivity index (χ3v) is 5.24. The Labute approximate surface area is 159 Å². The first-order chi connectivity index (χ1) is 12.5. The Morgan fingerprint density at radius 2 is 2.31 bits per heavy atom. The molecule has 1 N–H and O–H groups in total. The van der Waals surface area contributed by atoms with E-state index in [2.05, 4.69) is 15.5 Å². The Kier molecular flexibility index (Phi) is 5.83. The number of ether oxygens (including phenoxy) is 1. The molecule has 0 aliphatic carbocycles. The Morgan fingerprint density at radius 1 is 1.50 bits per heavy atom. The number of halogens is 1. The summed E-state index contributed by atoms with van der Waals surface area (Å²) in [7, 11) is 0. The lowest BCUT2D eigenvalue weighted by Crippen LogP contribution is -2.31. The van der Waals surface area contributed by atoms with Gasteiger partial charge < -0.3 is 14.6 Å². The number of fused-ring (bicyclic) bond motifs is 1. The number of nitrogens with zero attached hydrogens (tertiary/aromatic N) is 2. The number of benzene rings is 1. The molecule has 1 aliphatic heterocycles. The van der Waals surface area contributed by atoms with Crippen LogP contribution in [-0.2, 0) is 20.7 Å². The number of aromatic nitrogens is 2. The first kappa shape index (κ1) is 18.7. The average Bonchev–Trinajstić information content (AvgIpc) is 3.05. The zero-order chi connectivity index (χ0) is 18.7. The number of thioether (sulfide) groups is 1. The summed E-state index contributed by atoms with van der Waals surface area (Å²) in [6, 6.07) is 5.24. The molecule has 9 heteroatoms. The van der Waals surface area contributed by atoms with E-state index in [0.29, 0.717) is 23.0 Å². The summed E-state index contributed by atoms with van der Waals surface area (Å²) in [5.74, 6) is 0.0839. The highest BCUT2D eigenvalue weighted by Gasteiger charge is 2.30. The summed E-state index contributed by atoms with van der Waals surface area (Å²) in [6.07, 6.45) is 0.877. The zero-order valence-corrected chi connectivity index (χ0v) is 15.9. The highest BCUT2D eigenvalue weighted by molar-refractivity contribution is 8.01. The van der Waals surface area contributed by atoms with E-state index in [9.17, 15) is 9.59 Å². The van der Waals surface area contributed by atoms with Crippen LogP contribution in [-0.4, -0.2) is 27.3 Å². The van der Waals surface area contributed by atoms with Crippen molar-refractivity contribution >= 4 is 40.9 Å². The summed E-state index contributed by atoms with van der Waals surface area (Å²) in [5.41, 5.74) is 0.653. The number of carbonyl (C=O) groups excluding carboxylic acids is 2. The van der Waals surface area contributed by atoms with Crippen molar-refractivity contribution < 1.29 is 18.8 Å². The Hall–Kier alpha value is -2.06. The summed E-state index contributed by atoms with van der Waals surface area (Å²) in [6.45, 7) is 3.67. The first-order valence-electron chi connectivity index (χ1n) is 8.25. The molecule has 0 saturated heterocycles. The van der Waals surface area contributed by atoms with Gasteiger partial charge in [0.2, 0.25) is 5.91 Å². The van der Waals surface area contributed by atoms with E-state index in [4.69, 9.17) is 20.9 Å². The summed E-state index contributed by atoms with van der Waals surface area (Å²) in [5, 5.41) is 6.58. The summed E-state index contributed by atoms with van der Waals surface area (Å²) < 4.78 is 10.4. The van der Waals surface area contributed by atoms with E-state index in [1.165, 1.54) is 11.8 Å². The number of rotatable bonds is 6. The van der Waals surface area contributed by atoms with Gasteiger partial charge in [-0.1, -0.05) is 23.7 Å². The summed E-state index contributed by atoms with van der Waals surface area (Å²) >= 11 is 7.24. The molecule has 2 atom stereocenters. The van der Waals surface area contributed by atoms with Gasteiger partial charge in [-0.15, -0.1) is 11.8 Å². The number of nitrogens with one attached hydrogen (secondary N) is 1. The molecular formula is C17H18ClN3O4S. The molecule has 1 amide bonds. The van der Waals surface area contributed by atoms with Crippen molar-refractivity contribution in [2.75, 3.05) is 5.32 Å². The second kappa shape index (κ2) is 8.09. The topological polar surface area (TPSA) is 94.3 Å². The van der Waals surface area contributed by atoms with E-state index in [1.54, 1.807) is 19.1 Å². The molecule has 2 heterocycles. The Bertz CT molecular complexity index is 826. The molecular weight excluding hydrogens is 378 g/mol. The number of anilines is 1. The minimum absolute atomic E-state index is 0.0567. The normalized spacial score (nSPS) is 17.3. The SMILES string of the molecule is CCCc1noc(C(C)OC(=O)CC2Sc3ccc(Cl)cc3NC2=O)n1. The molecule has 2 aromatic rings. The van der Waals surface area contributed by atoms with Crippen LogP contribution in [0.15, 0.2) is 27.6 Å².